The van der Waals surface area contributed by atoms with E-state index in [2.05, 4.69) is 10.3 Å². The maximum atomic E-state index is 11.8. The van der Waals surface area contributed by atoms with Crippen LogP contribution in [-0.4, -0.2) is 22.8 Å². The molecule has 7 heteroatoms. The number of nitrogens with zero attached hydrogens (tertiary/aromatic N) is 2. The summed E-state index contributed by atoms with van der Waals surface area (Å²) in [5.74, 6) is -0.101. The number of alkyl halides is 3. The van der Waals surface area contributed by atoms with Gasteiger partial charge in [-0.05, 0) is 17.8 Å². The van der Waals surface area contributed by atoms with Crippen LogP contribution in [0.25, 0.3) is 0 Å². The van der Waals surface area contributed by atoms with Gasteiger partial charge in [0, 0.05) is 24.7 Å². The van der Waals surface area contributed by atoms with Crippen LogP contribution in [0.2, 0.25) is 0 Å². The third-order valence-corrected chi connectivity index (χ3v) is 2.36. The Labute approximate surface area is 94.7 Å². The lowest BCUT2D eigenvalue weighted by atomic mass is 10.2. The van der Waals surface area contributed by atoms with Crippen LogP contribution < -0.4 is 5.32 Å². The smallest absolute Gasteiger partial charge is 0.383 e. The molecule has 0 fully saturated rings. The minimum atomic E-state index is -4.21. The zero-order chi connectivity index (χ0) is 12.0. The number of hydrogen-bond donors (Lipinski definition) is 1. The minimum Gasteiger partial charge on any atom is -0.383 e. The molecule has 0 saturated carbocycles. The number of thioether (sulfide) groups is 1. The Balaban J connectivity index is 2.41. The SMILES string of the molecule is N#Cc1cnccc1NCCSC(F)(F)F. The molecule has 1 heterocycles. The number of halogens is 3. The van der Waals surface area contributed by atoms with Gasteiger partial charge in [-0.2, -0.15) is 18.4 Å². The predicted molar refractivity (Wildman–Crippen MR) is 56.0 cm³/mol. The molecule has 0 aromatic carbocycles. The van der Waals surface area contributed by atoms with E-state index in [4.69, 9.17) is 5.26 Å². The van der Waals surface area contributed by atoms with Crippen LogP contribution in [-0.2, 0) is 0 Å². The fourth-order valence-corrected chi connectivity index (χ4v) is 1.43. The normalized spacial score (nSPS) is 10.9. The standard InChI is InChI=1S/C9H8F3N3S/c10-9(11,12)16-4-3-15-8-1-2-14-6-7(8)5-13/h1-2,6H,3-4H2,(H,14,15). The van der Waals surface area contributed by atoms with E-state index in [1.165, 1.54) is 12.4 Å². The van der Waals surface area contributed by atoms with Gasteiger partial charge in [0.25, 0.3) is 0 Å². The van der Waals surface area contributed by atoms with Gasteiger partial charge in [0.2, 0.25) is 0 Å². The van der Waals surface area contributed by atoms with Crippen molar-refractivity contribution in [2.75, 3.05) is 17.6 Å². The monoisotopic (exact) mass is 247 g/mol. The highest BCUT2D eigenvalue weighted by Gasteiger charge is 2.27. The van der Waals surface area contributed by atoms with E-state index < -0.39 is 5.51 Å². The maximum absolute atomic E-state index is 11.8. The Morgan fingerprint density at radius 1 is 1.50 bits per heavy atom. The zero-order valence-corrected chi connectivity index (χ0v) is 8.90. The van der Waals surface area contributed by atoms with Gasteiger partial charge >= 0.3 is 5.51 Å². The minimum absolute atomic E-state index is 0.0948. The van der Waals surface area contributed by atoms with Crippen molar-refractivity contribution in [3.63, 3.8) is 0 Å². The van der Waals surface area contributed by atoms with E-state index in [1.54, 1.807) is 6.07 Å². The van der Waals surface area contributed by atoms with Crippen molar-refractivity contribution in [2.24, 2.45) is 0 Å². The molecule has 0 radical (unpaired) electrons. The van der Waals surface area contributed by atoms with E-state index in [-0.39, 0.29) is 24.1 Å². The highest BCUT2D eigenvalue weighted by molar-refractivity contribution is 8.00. The summed E-state index contributed by atoms with van der Waals surface area (Å²) in [7, 11) is 0. The lowest BCUT2D eigenvalue weighted by Crippen LogP contribution is -2.10. The summed E-state index contributed by atoms with van der Waals surface area (Å²) in [6.45, 7) is 0.142. The lowest BCUT2D eigenvalue weighted by molar-refractivity contribution is -0.0327. The molecule has 86 valence electrons. The first-order chi connectivity index (χ1) is 7.53. The second-order valence-electron chi connectivity index (χ2n) is 2.75. The zero-order valence-electron chi connectivity index (χ0n) is 8.08. The Morgan fingerprint density at radius 3 is 2.88 bits per heavy atom. The molecule has 0 amide bonds. The maximum Gasteiger partial charge on any atom is 0.441 e. The molecule has 0 atom stereocenters. The molecule has 1 aromatic heterocycles. The third-order valence-electron chi connectivity index (χ3n) is 1.62. The topological polar surface area (TPSA) is 48.7 Å². The molecule has 0 spiro atoms. The van der Waals surface area contributed by atoms with Gasteiger partial charge in [0.1, 0.15) is 6.07 Å². The van der Waals surface area contributed by atoms with Gasteiger partial charge in [0.05, 0.1) is 11.3 Å². The average molecular weight is 247 g/mol. The first-order valence-electron chi connectivity index (χ1n) is 4.31. The van der Waals surface area contributed by atoms with E-state index in [1.807, 2.05) is 6.07 Å². The van der Waals surface area contributed by atoms with Gasteiger partial charge in [-0.1, -0.05) is 0 Å². The Bertz CT molecular complexity index is 386. The van der Waals surface area contributed by atoms with Crippen molar-refractivity contribution >= 4 is 17.4 Å². The number of aromatic nitrogens is 1. The second kappa shape index (κ2) is 5.61. The number of rotatable bonds is 4. The molecule has 3 nitrogen and oxygen atoms in total. The molecule has 1 N–H and O–H groups in total. The van der Waals surface area contributed by atoms with Crippen LogP contribution >= 0.6 is 11.8 Å². The first kappa shape index (κ1) is 12.6. The van der Waals surface area contributed by atoms with Crippen molar-refractivity contribution in [1.29, 1.82) is 5.26 Å². The van der Waals surface area contributed by atoms with Crippen molar-refractivity contribution in [2.45, 2.75) is 5.51 Å². The molecule has 1 aromatic rings. The second-order valence-corrected chi connectivity index (χ2v) is 3.91. The molecule has 1 rings (SSSR count). The lowest BCUT2D eigenvalue weighted by Gasteiger charge is -2.08. The number of nitriles is 1. The molecule has 16 heavy (non-hydrogen) atoms. The largest absolute Gasteiger partial charge is 0.441 e. The molecule has 0 aliphatic carbocycles. The van der Waals surface area contributed by atoms with Crippen molar-refractivity contribution in [3.8, 4) is 6.07 Å². The summed E-state index contributed by atoms with van der Waals surface area (Å²) in [5.41, 5.74) is -3.39. The summed E-state index contributed by atoms with van der Waals surface area (Å²) in [6, 6.07) is 3.45. The van der Waals surface area contributed by atoms with Crippen LogP contribution in [0.4, 0.5) is 18.9 Å². The van der Waals surface area contributed by atoms with E-state index >= 15 is 0 Å². The molecule has 0 bridgehead atoms. The van der Waals surface area contributed by atoms with E-state index in [9.17, 15) is 13.2 Å². The van der Waals surface area contributed by atoms with Crippen LogP contribution in [0.15, 0.2) is 18.5 Å². The summed E-state index contributed by atoms with van der Waals surface area (Å²) >= 11 is -0.0948. The van der Waals surface area contributed by atoms with Gasteiger partial charge in [-0.3, -0.25) is 4.98 Å². The molecular weight excluding hydrogens is 239 g/mol. The molecule has 0 aliphatic rings. The van der Waals surface area contributed by atoms with E-state index in [0.717, 1.165) is 0 Å². The highest BCUT2D eigenvalue weighted by atomic mass is 32.2. The van der Waals surface area contributed by atoms with Gasteiger partial charge in [0.15, 0.2) is 0 Å². The van der Waals surface area contributed by atoms with Gasteiger partial charge < -0.3 is 5.32 Å². The Morgan fingerprint density at radius 2 is 2.25 bits per heavy atom. The number of hydrogen-bond acceptors (Lipinski definition) is 4. The molecular formula is C9H8F3N3S. The fraction of sp³-hybridized carbons (Fsp3) is 0.333. The molecule has 0 aliphatic heterocycles. The van der Waals surface area contributed by atoms with Crippen LogP contribution in [0.1, 0.15) is 5.56 Å². The van der Waals surface area contributed by atoms with Crippen molar-refractivity contribution in [1.82, 2.24) is 4.98 Å². The van der Waals surface area contributed by atoms with Gasteiger partial charge in [-0.25, -0.2) is 0 Å². The van der Waals surface area contributed by atoms with Crippen molar-refractivity contribution < 1.29 is 13.2 Å². The number of anilines is 1. The van der Waals surface area contributed by atoms with Crippen LogP contribution in [0, 0.1) is 11.3 Å². The van der Waals surface area contributed by atoms with E-state index in [0.29, 0.717) is 11.3 Å². The molecule has 0 saturated heterocycles. The predicted octanol–water partition coefficient (Wildman–Crippen LogP) is 2.62. The van der Waals surface area contributed by atoms with Crippen molar-refractivity contribution in [3.05, 3.63) is 24.0 Å². The molecule has 0 unspecified atom stereocenters. The first-order valence-corrected chi connectivity index (χ1v) is 5.30. The summed E-state index contributed by atoms with van der Waals surface area (Å²) in [4.78, 5) is 3.74. The van der Waals surface area contributed by atoms with Crippen LogP contribution in [0.5, 0.6) is 0 Å². The average Bonchev–Trinajstić information content (AvgIpc) is 2.23. The van der Waals surface area contributed by atoms with Gasteiger partial charge in [-0.15, -0.1) is 0 Å². The summed E-state index contributed by atoms with van der Waals surface area (Å²) < 4.78 is 35.4. The Kier molecular flexibility index (Phi) is 4.43. The Hall–Kier alpha value is -1.42. The fourth-order valence-electron chi connectivity index (χ4n) is 0.990. The highest BCUT2D eigenvalue weighted by Crippen LogP contribution is 2.29. The number of pyridine rings is 1. The van der Waals surface area contributed by atoms with Crippen LogP contribution in [0.3, 0.4) is 0 Å². The quantitative estimate of drug-likeness (QED) is 0.831. The summed E-state index contributed by atoms with van der Waals surface area (Å²) in [5, 5.41) is 11.4. The number of nitrogens with one attached hydrogen (secondary N) is 1. The summed E-state index contributed by atoms with van der Waals surface area (Å²) in [6.07, 6.45) is 2.83. The third kappa shape index (κ3) is 4.40.